The number of rotatable bonds is 3. The van der Waals surface area contributed by atoms with Crippen LogP contribution in [0.4, 0.5) is 4.39 Å². The summed E-state index contributed by atoms with van der Waals surface area (Å²) in [7, 11) is 2.05. The van der Waals surface area contributed by atoms with E-state index >= 15 is 0 Å². The molecule has 19 heavy (non-hydrogen) atoms. The summed E-state index contributed by atoms with van der Waals surface area (Å²) in [6.07, 6.45) is 2.13. The smallest absolute Gasteiger partial charge is 0.123 e. The van der Waals surface area contributed by atoms with Crippen molar-refractivity contribution in [2.24, 2.45) is 7.05 Å². The number of aromatic nitrogens is 1. The minimum absolute atomic E-state index is 0.170. The second-order valence-corrected chi connectivity index (χ2v) is 5.56. The zero-order valence-electron chi connectivity index (χ0n) is 10.6. The van der Waals surface area contributed by atoms with Crippen molar-refractivity contribution < 1.29 is 4.39 Å². The molecule has 3 heteroatoms. The van der Waals surface area contributed by atoms with Crippen molar-refractivity contribution in [2.45, 2.75) is 10.6 Å². The maximum Gasteiger partial charge on any atom is 0.123 e. The van der Waals surface area contributed by atoms with Crippen molar-refractivity contribution in [3.63, 3.8) is 0 Å². The van der Waals surface area contributed by atoms with Gasteiger partial charge in [0.2, 0.25) is 0 Å². The first-order valence-electron chi connectivity index (χ1n) is 6.15. The topological polar surface area (TPSA) is 4.93 Å². The Balaban J connectivity index is 1.86. The molecular formula is C16H14FNS. The number of thioether (sulfide) groups is 1. The van der Waals surface area contributed by atoms with Crippen LogP contribution in [0.15, 0.2) is 59.6 Å². The Bertz CT molecular complexity index is 718. The maximum absolute atomic E-state index is 13.1. The molecule has 0 radical (unpaired) electrons. The predicted octanol–water partition coefficient (Wildman–Crippen LogP) is 4.61. The fourth-order valence-corrected chi connectivity index (χ4v) is 3.27. The molecule has 0 bridgehead atoms. The van der Waals surface area contributed by atoms with E-state index in [9.17, 15) is 4.39 Å². The van der Waals surface area contributed by atoms with Gasteiger partial charge in [0, 0.05) is 34.8 Å². The summed E-state index contributed by atoms with van der Waals surface area (Å²) in [6, 6.07) is 15.1. The van der Waals surface area contributed by atoms with Crippen LogP contribution in [-0.2, 0) is 12.8 Å². The molecule has 1 aromatic heterocycles. The lowest BCUT2D eigenvalue weighted by Gasteiger charge is -2.01. The van der Waals surface area contributed by atoms with Gasteiger partial charge in [-0.3, -0.25) is 0 Å². The molecule has 0 atom stereocenters. The van der Waals surface area contributed by atoms with E-state index in [1.165, 1.54) is 21.9 Å². The Hall–Kier alpha value is -1.74. The number of benzene rings is 2. The van der Waals surface area contributed by atoms with Gasteiger partial charge in [0.25, 0.3) is 0 Å². The number of halogens is 1. The summed E-state index contributed by atoms with van der Waals surface area (Å²) < 4.78 is 15.3. The number of hydrogen-bond acceptors (Lipinski definition) is 1. The Morgan fingerprint density at radius 1 is 1.11 bits per heavy atom. The minimum atomic E-state index is -0.170. The molecular weight excluding hydrogens is 257 g/mol. The van der Waals surface area contributed by atoms with Crippen molar-refractivity contribution in [1.82, 2.24) is 4.57 Å². The van der Waals surface area contributed by atoms with Gasteiger partial charge in [0.05, 0.1) is 0 Å². The van der Waals surface area contributed by atoms with Gasteiger partial charge >= 0.3 is 0 Å². The lowest BCUT2D eigenvalue weighted by Crippen LogP contribution is -1.82. The summed E-state index contributed by atoms with van der Waals surface area (Å²) in [6.45, 7) is 0. The molecule has 0 amide bonds. The number of fused-ring (bicyclic) bond motifs is 1. The quantitative estimate of drug-likeness (QED) is 0.630. The molecule has 0 aliphatic carbocycles. The van der Waals surface area contributed by atoms with Crippen LogP contribution in [0.3, 0.4) is 0 Å². The Labute approximate surface area is 116 Å². The third-order valence-corrected chi connectivity index (χ3v) is 4.26. The van der Waals surface area contributed by atoms with E-state index in [1.54, 1.807) is 23.9 Å². The minimum Gasteiger partial charge on any atom is -0.349 e. The second-order valence-electron chi connectivity index (χ2n) is 4.54. The summed E-state index contributed by atoms with van der Waals surface area (Å²) in [5, 5.41) is 1.26. The van der Waals surface area contributed by atoms with Crippen LogP contribution in [-0.4, -0.2) is 4.57 Å². The summed E-state index contributed by atoms with van der Waals surface area (Å²) in [4.78, 5) is 1.24. The second kappa shape index (κ2) is 5.10. The fourth-order valence-electron chi connectivity index (χ4n) is 2.21. The number of hydrogen-bond donors (Lipinski definition) is 0. The average molecular weight is 271 g/mol. The SMILES string of the molecule is Cn1cc(SCc2cccc(F)c2)c2ccccc21. The molecule has 3 rings (SSSR count). The third kappa shape index (κ3) is 2.51. The standard InChI is InChI=1S/C16H14FNS/c1-18-10-16(14-7-2-3-8-15(14)18)19-11-12-5-4-6-13(17)9-12/h2-10H,11H2,1H3. The first-order chi connectivity index (χ1) is 9.24. The highest BCUT2D eigenvalue weighted by Gasteiger charge is 2.06. The zero-order chi connectivity index (χ0) is 13.2. The normalized spacial score (nSPS) is 11.1. The van der Waals surface area contributed by atoms with Gasteiger partial charge in [0.15, 0.2) is 0 Å². The molecule has 96 valence electrons. The molecule has 0 aliphatic heterocycles. The van der Waals surface area contributed by atoms with Crippen molar-refractivity contribution in [2.75, 3.05) is 0 Å². The monoisotopic (exact) mass is 271 g/mol. The lowest BCUT2D eigenvalue weighted by molar-refractivity contribution is 0.626. The van der Waals surface area contributed by atoms with E-state index in [1.807, 2.05) is 12.1 Å². The molecule has 3 aromatic rings. The van der Waals surface area contributed by atoms with Gasteiger partial charge in [-0.05, 0) is 23.8 Å². The van der Waals surface area contributed by atoms with E-state index in [2.05, 4.69) is 36.0 Å². The molecule has 0 fully saturated rings. The zero-order valence-corrected chi connectivity index (χ0v) is 11.5. The molecule has 1 heterocycles. The van der Waals surface area contributed by atoms with Gasteiger partial charge in [0.1, 0.15) is 5.82 Å². The van der Waals surface area contributed by atoms with E-state index < -0.39 is 0 Å². The van der Waals surface area contributed by atoms with Crippen molar-refractivity contribution in [1.29, 1.82) is 0 Å². The van der Waals surface area contributed by atoms with E-state index in [0.29, 0.717) is 0 Å². The lowest BCUT2D eigenvalue weighted by atomic mass is 10.2. The molecule has 0 aliphatic rings. The van der Waals surface area contributed by atoms with Crippen LogP contribution < -0.4 is 0 Å². The van der Waals surface area contributed by atoms with E-state index in [0.717, 1.165) is 11.3 Å². The van der Waals surface area contributed by atoms with Crippen LogP contribution >= 0.6 is 11.8 Å². The number of aryl methyl sites for hydroxylation is 1. The molecule has 2 aromatic carbocycles. The Kier molecular flexibility index (Phi) is 3.30. The third-order valence-electron chi connectivity index (χ3n) is 3.14. The summed E-state index contributed by atoms with van der Waals surface area (Å²) in [5.41, 5.74) is 2.24. The van der Waals surface area contributed by atoms with Crippen LogP contribution in [0, 0.1) is 5.82 Å². The van der Waals surface area contributed by atoms with Gasteiger partial charge in [-0.15, -0.1) is 11.8 Å². The maximum atomic E-state index is 13.1. The van der Waals surface area contributed by atoms with Crippen LogP contribution in [0.25, 0.3) is 10.9 Å². The first-order valence-corrected chi connectivity index (χ1v) is 7.14. The van der Waals surface area contributed by atoms with Gasteiger partial charge in [-0.2, -0.15) is 0 Å². The molecule has 0 saturated carbocycles. The highest BCUT2D eigenvalue weighted by Crippen LogP contribution is 2.31. The van der Waals surface area contributed by atoms with E-state index in [-0.39, 0.29) is 5.82 Å². The molecule has 0 unspecified atom stereocenters. The summed E-state index contributed by atoms with van der Waals surface area (Å²) >= 11 is 1.75. The summed E-state index contributed by atoms with van der Waals surface area (Å²) in [5.74, 6) is 0.613. The average Bonchev–Trinajstić information content (AvgIpc) is 2.74. The molecule has 0 saturated heterocycles. The van der Waals surface area contributed by atoms with Gasteiger partial charge in [-0.1, -0.05) is 30.3 Å². The van der Waals surface area contributed by atoms with Crippen molar-refractivity contribution in [3.05, 3.63) is 66.1 Å². The first kappa shape index (κ1) is 12.3. The molecule has 0 N–H and O–H groups in total. The fraction of sp³-hybridized carbons (Fsp3) is 0.125. The highest BCUT2D eigenvalue weighted by atomic mass is 32.2. The van der Waals surface area contributed by atoms with Crippen molar-refractivity contribution in [3.8, 4) is 0 Å². The highest BCUT2D eigenvalue weighted by molar-refractivity contribution is 7.98. The number of nitrogens with zero attached hydrogens (tertiary/aromatic N) is 1. The van der Waals surface area contributed by atoms with Gasteiger partial charge in [-0.25, -0.2) is 4.39 Å². The molecule has 1 nitrogen and oxygen atoms in total. The Morgan fingerprint density at radius 3 is 2.79 bits per heavy atom. The Morgan fingerprint density at radius 2 is 1.95 bits per heavy atom. The van der Waals surface area contributed by atoms with Crippen LogP contribution in [0.1, 0.15) is 5.56 Å². The predicted molar refractivity (Wildman–Crippen MR) is 78.9 cm³/mol. The largest absolute Gasteiger partial charge is 0.349 e. The van der Waals surface area contributed by atoms with Crippen molar-refractivity contribution >= 4 is 22.7 Å². The van der Waals surface area contributed by atoms with Crippen LogP contribution in [0.5, 0.6) is 0 Å². The van der Waals surface area contributed by atoms with Crippen LogP contribution in [0.2, 0.25) is 0 Å². The number of para-hydroxylation sites is 1. The molecule has 0 spiro atoms. The van der Waals surface area contributed by atoms with E-state index in [4.69, 9.17) is 0 Å². The van der Waals surface area contributed by atoms with Gasteiger partial charge < -0.3 is 4.57 Å².